The molecule has 1 N–H and O–H groups in total. The normalized spacial score (nSPS) is 12.3. The van der Waals surface area contributed by atoms with E-state index < -0.39 is 0 Å². The van der Waals surface area contributed by atoms with Gasteiger partial charge in [0.25, 0.3) is 0 Å². The molecule has 1 heterocycles. The number of methoxy groups -OCH3 is 1. The molecule has 1 aromatic heterocycles. The lowest BCUT2D eigenvalue weighted by Crippen LogP contribution is -2.08. The molecule has 2 aromatic rings. The van der Waals surface area contributed by atoms with E-state index in [0.29, 0.717) is 0 Å². The van der Waals surface area contributed by atoms with Crippen molar-refractivity contribution in [2.24, 2.45) is 0 Å². The van der Waals surface area contributed by atoms with Crippen molar-refractivity contribution in [3.05, 3.63) is 38.3 Å². The smallest absolute Gasteiger partial charge is 0.133 e. The molecule has 1 atom stereocenters. The summed E-state index contributed by atoms with van der Waals surface area (Å²) >= 11 is 5.23. The molecule has 0 bridgehead atoms. The van der Waals surface area contributed by atoms with Crippen LogP contribution in [-0.4, -0.2) is 12.1 Å². The zero-order chi connectivity index (χ0) is 14.0. The van der Waals surface area contributed by atoms with Crippen LogP contribution in [0.25, 0.3) is 0 Å². The summed E-state index contributed by atoms with van der Waals surface area (Å²) in [4.78, 5) is 5.85. The zero-order valence-corrected chi connectivity index (χ0v) is 13.9. The molecule has 19 heavy (non-hydrogen) atoms. The Morgan fingerprint density at radius 1 is 1.37 bits per heavy atom. The van der Waals surface area contributed by atoms with Gasteiger partial charge < -0.3 is 10.1 Å². The van der Waals surface area contributed by atoms with E-state index in [9.17, 15) is 0 Å². The standard InChI is InChI=1S/C14H17BrN2OS/c1-8(14-9(2)19-10(3)17-14)16-11-5-6-13(18-4)12(15)7-11/h5-8,16H,1-4H3. The van der Waals surface area contributed by atoms with Crippen molar-refractivity contribution >= 4 is 33.0 Å². The molecule has 0 radical (unpaired) electrons. The summed E-state index contributed by atoms with van der Waals surface area (Å²) in [5.41, 5.74) is 2.17. The summed E-state index contributed by atoms with van der Waals surface area (Å²) < 4.78 is 6.17. The number of aromatic nitrogens is 1. The third-order valence-corrected chi connectivity index (χ3v) is 4.41. The molecule has 0 saturated heterocycles. The van der Waals surface area contributed by atoms with Crippen LogP contribution in [0.5, 0.6) is 5.75 Å². The van der Waals surface area contributed by atoms with Crippen LogP contribution in [0.3, 0.4) is 0 Å². The van der Waals surface area contributed by atoms with Gasteiger partial charge in [-0.1, -0.05) is 0 Å². The molecule has 102 valence electrons. The van der Waals surface area contributed by atoms with Crippen LogP contribution >= 0.6 is 27.3 Å². The quantitative estimate of drug-likeness (QED) is 0.875. The number of nitrogens with zero attached hydrogens (tertiary/aromatic N) is 1. The number of halogens is 1. The monoisotopic (exact) mass is 340 g/mol. The highest BCUT2D eigenvalue weighted by molar-refractivity contribution is 9.10. The third-order valence-electron chi connectivity index (χ3n) is 2.88. The lowest BCUT2D eigenvalue weighted by Gasteiger charge is -2.15. The Morgan fingerprint density at radius 2 is 2.11 bits per heavy atom. The van der Waals surface area contributed by atoms with Crippen molar-refractivity contribution in [3.63, 3.8) is 0 Å². The molecular formula is C14H17BrN2OS. The second kappa shape index (κ2) is 5.92. The Hall–Kier alpha value is -1.07. The van der Waals surface area contributed by atoms with Crippen LogP contribution in [0.2, 0.25) is 0 Å². The summed E-state index contributed by atoms with van der Waals surface area (Å²) in [7, 11) is 1.66. The zero-order valence-electron chi connectivity index (χ0n) is 11.5. The van der Waals surface area contributed by atoms with E-state index in [1.54, 1.807) is 18.4 Å². The number of benzene rings is 1. The molecule has 0 spiro atoms. The first-order valence-electron chi connectivity index (χ1n) is 6.05. The van der Waals surface area contributed by atoms with Crippen LogP contribution in [0.4, 0.5) is 5.69 Å². The van der Waals surface area contributed by atoms with Crippen LogP contribution in [0.15, 0.2) is 22.7 Å². The number of hydrogen-bond acceptors (Lipinski definition) is 4. The summed E-state index contributed by atoms with van der Waals surface area (Å²) in [6.45, 7) is 6.28. The van der Waals surface area contributed by atoms with Gasteiger partial charge in [0.15, 0.2) is 0 Å². The number of hydrogen-bond donors (Lipinski definition) is 1. The van der Waals surface area contributed by atoms with Crippen LogP contribution in [0.1, 0.15) is 28.5 Å². The molecule has 3 nitrogen and oxygen atoms in total. The minimum absolute atomic E-state index is 0.185. The highest BCUT2D eigenvalue weighted by atomic mass is 79.9. The molecule has 5 heteroatoms. The average molecular weight is 341 g/mol. The van der Waals surface area contributed by atoms with Crippen LogP contribution in [-0.2, 0) is 0 Å². The lowest BCUT2D eigenvalue weighted by molar-refractivity contribution is 0.412. The molecule has 0 aliphatic carbocycles. The fourth-order valence-corrected chi connectivity index (χ4v) is 3.48. The van der Waals surface area contributed by atoms with E-state index in [1.165, 1.54) is 4.88 Å². The Labute approximate surface area is 126 Å². The summed E-state index contributed by atoms with van der Waals surface area (Å²) in [6.07, 6.45) is 0. The molecular weight excluding hydrogens is 324 g/mol. The Balaban J connectivity index is 2.17. The maximum Gasteiger partial charge on any atom is 0.133 e. The average Bonchev–Trinajstić information content (AvgIpc) is 2.69. The number of rotatable bonds is 4. The van der Waals surface area contributed by atoms with E-state index in [4.69, 9.17) is 4.74 Å². The summed E-state index contributed by atoms with van der Waals surface area (Å²) in [5.74, 6) is 0.832. The van der Waals surface area contributed by atoms with Gasteiger partial charge in [-0.15, -0.1) is 11.3 Å². The van der Waals surface area contributed by atoms with Crippen molar-refractivity contribution in [1.29, 1.82) is 0 Å². The van der Waals surface area contributed by atoms with E-state index in [1.807, 2.05) is 25.1 Å². The molecule has 0 fully saturated rings. The van der Waals surface area contributed by atoms with Gasteiger partial charge >= 0.3 is 0 Å². The predicted octanol–water partition coefficient (Wildman–Crippen LogP) is 4.70. The SMILES string of the molecule is COc1ccc(NC(C)c2nc(C)sc2C)cc1Br. The Bertz CT molecular complexity index is 583. The Morgan fingerprint density at radius 3 is 2.63 bits per heavy atom. The molecule has 1 unspecified atom stereocenters. The van der Waals surface area contributed by atoms with Crippen molar-refractivity contribution in [3.8, 4) is 5.75 Å². The van der Waals surface area contributed by atoms with Crippen LogP contribution < -0.4 is 10.1 Å². The molecule has 0 amide bonds. The van der Waals surface area contributed by atoms with Crippen molar-refractivity contribution in [2.45, 2.75) is 26.8 Å². The topological polar surface area (TPSA) is 34.1 Å². The second-order valence-electron chi connectivity index (χ2n) is 4.39. The number of aryl methyl sites for hydroxylation is 2. The number of thiazole rings is 1. The van der Waals surface area contributed by atoms with Crippen molar-refractivity contribution < 1.29 is 4.74 Å². The van der Waals surface area contributed by atoms with Crippen LogP contribution in [0, 0.1) is 13.8 Å². The van der Waals surface area contributed by atoms with Crippen molar-refractivity contribution in [2.75, 3.05) is 12.4 Å². The largest absolute Gasteiger partial charge is 0.496 e. The first-order chi connectivity index (χ1) is 9.01. The molecule has 0 aliphatic heterocycles. The second-order valence-corrected chi connectivity index (χ2v) is 6.65. The van der Waals surface area contributed by atoms with Gasteiger partial charge in [-0.05, 0) is 54.9 Å². The van der Waals surface area contributed by atoms with E-state index in [2.05, 4.69) is 40.1 Å². The van der Waals surface area contributed by atoms with Crippen molar-refractivity contribution in [1.82, 2.24) is 4.98 Å². The predicted molar refractivity (Wildman–Crippen MR) is 84.3 cm³/mol. The summed E-state index contributed by atoms with van der Waals surface area (Å²) in [6, 6.07) is 6.15. The van der Waals surface area contributed by atoms with Gasteiger partial charge in [-0.3, -0.25) is 0 Å². The van der Waals surface area contributed by atoms with E-state index >= 15 is 0 Å². The van der Waals surface area contributed by atoms with Gasteiger partial charge in [-0.25, -0.2) is 4.98 Å². The number of nitrogens with one attached hydrogen (secondary N) is 1. The van der Waals surface area contributed by atoms with Gasteiger partial charge in [0.05, 0.1) is 28.3 Å². The summed E-state index contributed by atoms with van der Waals surface area (Å²) in [5, 5.41) is 4.57. The minimum atomic E-state index is 0.185. The molecule has 1 aromatic carbocycles. The third kappa shape index (κ3) is 3.28. The van der Waals surface area contributed by atoms with Gasteiger partial charge in [0, 0.05) is 10.6 Å². The molecule has 0 saturated carbocycles. The van der Waals surface area contributed by atoms with E-state index in [0.717, 1.165) is 26.6 Å². The highest BCUT2D eigenvalue weighted by Crippen LogP contribution is 2.30. The highest BCUT2D eigenvalue weighted by Gasteiger charge is 2.13. The minimum Gasteiger partial charge on any atom is -0.496 e. The maximum atomic E-state index is 5.23. The number of anilines is 1. The van der Waals surface area contributed by atoms with Gasteiger partial charge in [0.2, 0.25) is 0 Å². The fraction of sp³-hybridized carbons (Fsp3) is 0.357. The van der Waals surface area contributed by atoms with E-state index in [-0.39, 0.29) is 6.04 Å². The maximum absolute atomic E-state index is 5.23. The molecule has 0 aliphatic rings. The number of ether oxygens (including phenoxy) is 1. The van der Waals surface area contributed by atoms with Gasteiger partial charge in [0.1, 0.15) is 5.75 Å². The first-order valence-corrected chi connectivity index (χ1v) is 7.66. The Kier molecular flexibility index (Phi) is 4.47. The lowest BCUT2D eigenvalue weighted by atomic mass is 10.2. The molecule has 2 rings (SSSR count). The first kappa shape index (κ1) is 14.3. The fourth-order valence-electron chi connectivity index (χ4n) is 2.02. The van der Waals surface area contributed by atoms with Gasteiger partial charge in [-0.2, -0.15) is 0 Å².